The molecule has 1 rings (SSSR count). The lowest BCUT2D eigenvalue weighted by Gasteiger charge is -2.15. The lowest BCUT2D eigenvalue weighted by Crippen LogP contribution is -2.19. The van der Waals surface area contributed by atoms with Crippen LogP contribution in [0.1, 0.15) is 25.1 Å². The monoisotopic (exact) mass is 224 g/mol. The first kappa shape index (κ1) is 13.1. The Hall–Kier alpha value is -0.970. The molecule has 0 aliphatic carbocycles. The van der Waals surface area contributed by atoms with Gasteiger partial charge in [0.15, 0.2) is 0 Å². The van der Waals surface area contributed by atoms with Crippen LogP contribution < -0.4 is 5.73 Å². The largest absolute Gasteiger partial charge is 0.379 e. The Labute approximate surface area is 96.8 Å². The van der Waals surface area contributed by atoms with E-state index in [0.29, 0.717) is 19.8 Å². The predicted octanol–water partition coefficient (Wildman–Crippen LogP) is 1.52. The van der Waals surface area contributed by atoms with Crippen LogP contribution in [0.25, 0.3) is 0 Å². The fourth-order valence-electron chi connectivity index (χ4n) is 1.34. The molecule has 0 bridgehead atoms. The van der Waals surface area contributed by atoms with Crippen molar-refractivity contribution < 1.29 is 9.47 Å². The molecule has 1 atom stereocenters. The van der Waals surface area contributed by atoms with Gasteiger partial charge < -0.3 is 15.2 Å². The SMILES string of the molecule is CCCOCCOC(CN)c1ccccn1. The third-order valence-corrected chi connectivity index (χ3v) is 2.13. The molecule has 0 spiro atoms. The summed E-state index contributed by atoms with van der Waals surface area (Å²) in [4.78, 5) is 4.22. The number of hydrogen-bond donors (Lipinski definition) is 1. The molecule has 2 N–H and O–H groups in total. The van der Waals surface area contributed by atoms with Crippen LogP contribution in [0.4, 0.5) is 0 Å². The second kappa shape index (κ2) is 8.21. The minimum absolute atomic E-state index is 0.133. The Balaban J connectivity index is 2.27. The van der Waals surface area contributed by atoms with E-state index in [2.05, 4.69) is 11.9 Å². The lowest BCUT2D eigenvalue weighted by atomic mass is 10.2. The normalized spacial score (nSPS) is 12.6. The molecule has 1 aromatic rings. The van der Waals surface area contributed by atoms with Crippen molar-refractivity contribution in [2.24, 2.45) is 5.73 Å². The Morgan fingerprint density at radius 1 is 1.31 bits per heavy atom. The number of pyridine rings is 1. The van der Waals surface area contributed by atoms with Crippen LogP contribution in [0.15, 0.2) is 24.4 Å². The minimum atomic E-state index is -0.133. The van der Waals surface area contributed by atoms with Gasteiger partial charge in [0.2, 0.25) is 0 Å². The molecule has 16 heavy (non-hydrogen) atoms. The number of nitrogens with two attached hydrogens (primary N) is 1. The summed E-state index contributed by atoms with van der Waals surface area (Å²) in [5, 5.41) is 0. The Morgan fingerprint density at radius 2 is 2.19 bits per heavy atom. The smallest absolute Gasteiger partial charge is 0.112 e. The molecule has 0 saturated heterocycles. The molecule has 0 aliphatic heterocycles. The highest BCUT2D eigenvalue weighted by atomic mass is 16.5. The maximum absolute atomic E-state index is 5.64. The van der Waals surface area contributed by atoms with Gasteiger partial charge in [-0.3, -0.25) is 4.98 Å². The van der Waals surface area contributed by atoms with Crippen molar-refractivity contribution in [3.8, 4) is 0 Å². The van der Waals surface area contributed by atoms with Gasteiger partial charge in [-0.25, -0.2) is 0 Å². The quantitative estimate of drug-likeness (QED) is 0.680. The average molecular weight is 224 g/mol. The first-order chi connectivity index (χ1) is 7.88. The Morgan fingerprint density at radius 3 is 2.81 bits per heavy atom. The predicted molar refractivity (Wildman–Crippen MR) is 63.1 cm³/mol. The van der Waals surface area contributed by atoms with Crippen molar-refractivity contribution in [2.45, 2.75) is 19.4 Å². The van der Waals surface area contributed by atoms with E-state index in [1.165, 1.54) is 0 Å². The second-order valence-electron chi connectivity index (χ2n) is 3.46. The van der Waals surface area contributed by atoms with Crippen LogP contribution in [0, 0.1) is 0 Å². The van der Waals surface area contributed by atoms with Crippen LogP contribution in [0.2, 0.25) is 0 Å². The molecular formula is C12H20N2O2. The van der Waals surface area contributed by atoms with Gasteiger partial charge in [0.25, 0.3) is 0 Å². The molecule has 90 valence electrons. The summed E-state index contributed by atoms with van der Waals surface area (Å²) >= 11 is 0. The van der Waals surface area contributed by atoms with E-state index in [4.69, 9.17) is 15.2 Å². The zero-order valence-corrected chi connectivity index (χ0v) is 9.76. The number of rotatable bonds is 8. The highest BCUT2D eigenvalue weighted by molar-refractivity contribution is 5.07. The van der Waals surface area contributed by atoms with Crippen LogP contribution >= 0.6 is 0 Å². The molecule has 4 heteroatoms. The highest BCUT2D eigenvalue weighted by Gasteiger charge is 2.10. The first-order valence-corrected chi connectivity index (χ1v) is 5.68. The topological polar surface area (TPSA) is 57.4 Å². The van der Waals surface area contributed by atoms with Crippen LogP contribution in [0.5, 0.6) is 0 Å². The molecule has 0 radical (unpaired) electrons. The van der Waals surface area contributed by atoms with E-state index < -0.39 is 0 Å². The van der Waals surface area contributed by atoms with Gasteiger partial charge >= 0.3 is 0 Å². The lowest BCUT2D eigenvalue weighted by molar-refractivity contribution is 0.00599. The zero-order valence-electron chi connectivity index (χ0n) is 9.76. The van der Waals surface area contributed by atoms with E-state index in [1.807, 2.05) is 18.2 Å². The summed E-state index contributed by atoms with van der Waals surface area (Å²) in [5.74, 6) is 0. The molecule has 4 nitrogen and oxygen atoms in total. The minimum Gasteiger partial charge on any atom is -0.379 e. The molecule has 0 aromatic carbocycles. The van der Waals surface area contributed by atoms with E-state index >= 15 is 0 Å². The summed E-state index contributed by atoms with van der Waals surface area (Å²) in [6, 6.07) is 5.73. The van der Waals surface area contributed by atoms with Gasteiger partial charge in [-0.2, -0.15) is 0 Å². The zero-order chi connectivity index (χ0) is 11.6. The van der Waals surface area contributed by atoms with Crippen molar-refractivity contribution in [3.63, 3.8) is 0 Å². The van der Waals surface area contributed by atoms with Gasteiger partial charge in [-0.1, -0.05) is 13.0 Å². The number of ether oxygens (including phenoxy) is 2. The van der Waals surface area contributed by atoms with Crippen LogP contribution in [-0.4, -0.2) is 31.3 Å². The summed E-state index contributed by atoms with van der Waals surface area (Å²) in [6.07, 6.45) is 2.64. The van der Waals surface area contributed by atoms with Crippen molar-refractivity contribution in [3.05, 3.63) is 30.1 Å². The first-order valence-electron chi connectivity index (χ1n) is 5.68. The molecular weight excluding hydrogens is 204 g/mol. The molecule has 1 unspecified atom stereocenters. The summed E-state index contributed by atoms with van der Waals surface area (Å²) in [5.41, 5.74) is 6.52. The van der Waals surface area contributed by atoms with Gasteiger partial charge in [-0.15, -0.1) is 0 Å². The fourth-order valence-corrected chi connectivity index (χ4v) is 1.34. The second-order valence-corrected chi connectivity index (χ2v) is 3.46. The summed E-state index contributed by atoms with van der Waals surface area (Å²) < 4.78 is 10.9. The number of aromatic nitrogens is 1. The summed E-state index contributed by atoms with van der Waals surface area (Å²) in [7, 11) is 0. The van der Waals surface area contributed by atoms with E-state index in [1.54, 1.807) is 6.20 Å². The van der Waals surface area contributed by atoms with E-state index in [9.17, 15) is 0 Å². The summed E-state index contributed by atoms with van der Waals surface area (Å²) in [6.45, 7) is 4.46. The fraction of sp³-hybridized carbons (Fsp3) is 0.583. The van der Waals surface area contributed by atoms with Crippen molar-refractivity contribution in [1.29, 1.82) is 0 Å². The Kier molecular flexibility index (Phi) is 6.72. The van der Waals surface area contributed by atoms with Crippen molar-refractivity contribution in [1.82, 2.24) is 4.98 Å². The molecule has 0 saturated carbocycles. The standard InChI is InChI=1S/C12H20N2O2/c1-2-7-15-8-9-16-12(10-13)11-5-3-4-6-14-11/h3-6,12H,2,7-10,13H2,1H3. The van der Waals surface area contributed by atoms with Crippen LogP contribution in [0.3, 0.4) is 0 Å². The number of hydrogen-bond acceptors (Lipinski definition) is 4. The average Bonchev–Trinajstić information content (AvgIpc) is 2.35. The van der Waals surface area contributed by atoms with Crippen molar-refractivity contribution in [2.75, 3.05) is 26.4 Å². The molecule has 0 amide bonds. The van der Waals surface area contributed by atoms with Gasteiger partial charge in [0, 0.05) is 19.3 Å². The van der Waals surface area contributed by atoms with E-state index in [-0.39, 0.29) is 6.10 Å². The van der Waals surface area contributed by atoms with Gasteiger partial charge in [0.1, 0.15) is 6.10 Å². The molecule has 1 aromatic heterocycles. The van der Waals surface area contributed by atoms with Crippen molar-refractivity contribution >= 4 is 0 Å². The third kappa shape index (κ3) is 4.70. The molecule has 0 fully saturated rings. The van der Waals surface area contributed by atoms with Gasteiger partial charge in [0.05, 0.1) is 18.9 Å². The molecule has 0 aliphatic rings. The maximum Gasteiger partial charge on any atom is 0.112 e. The van der Waals surface area contributed by atoms with Crippen LogP contribution in [-0.2, 0) is 9.47 Å². The number of nitrogens with zero attached hydrogens (tertiary/aromatic N) is 1. The third-order valence-electron chi connectivity index (χ3n) is 2.13. The molecule has 1 heterocycles. The highest BCUT2D eigenvalue weighted by Crippen LogP contribution is 2.12. The maximum atomic E-state index is 5.64. The van der Waals surface area contributed by atoms with E-state index in [0.717, 1.165) is 18.7 Å². The Bertz CT molecular complexity index is 267. The van der Waals surface area contributed by atoms with Gasteiger partial charge in [-0.05, 0) is 18.6 Å².